The highest BCUT2D eigenvalue weighted by molar-refractivity contribution is 7.88. The summed E-state index contributed by atoms with van der Waals surface area (Å²) in [5.74, 6) is -0.899. The third kappa shape index (κ3) is 3.88. The average Bonchev–Trinajstić information content (AvgIpc) is 2.77. The number of carbonyl (C=O) groups is 1. The highest BCUT2D eigenvalue weighted by Crippen LogP contribution is 2.21. The smallest absolute Gasteiger partial charge is 0.332 e. The average molecular weight is 292 g/mol. The Balaban J connectivity index is 1.76. The molecule has 2 fully saturated rings. The van der Waals surface area contributed by atoms with Gasteiger partial charge < -0.3 is 9.84 Å². The van der Waals surface area contributed by atoms with Crippen LogP contribution >= 0.6 is 0 Å². The quantitative estimate of drug-likeness (QED) is 0.729. The van der Waals surface area contributed by atoms with Crippen LogP contribution in [-0.2, 0) is 19.6 Å². The first-order valence-electron chi connectivity index (χ1n) is 6.42. The summed E-state index contributed by atoms with van der Waals surface area (Å²) in [6.07, 6.45) is 1.81. The predicted octanol–water partition coefficient (Wildman–Crippen LogP) is -0.804. The van der Waals surface area contributed by atoms with Crippen LogP contribution in [0.5, 0.6) is 0 Å². The molecule has 0 amide bonds. The van der Waals surface area contributed by atoms with Crippen molar-refractivity contribution < 1.29 is 23.1 Å². The fourth-order valence-corrected chi connectivity index (χ4v) is 3.38. The largest absolute Gasteiger partial charge is 0.479 e. The molecular formula is C11H20N2O5S. The zero-order valence-electron chi connectivity index (χ0n) is 11.0. The molecule has 0 radical (unpaired) electrons. The molecule has 2 unspecified atom stereocenters. The summed E-state index contributed by atoms with van der Waals surface area (Å²) in [6.45, 7) is 3.01. The van der Waals surface area contributed by atoms with E-state index in [9.17, 15) is 13.2 Å². The topological polar surface area (TPSA) is 87.2 Å². The number of piperazine rings is 1. The first-order chi connectivity index (χ1) is 8.86. The Labute approximate surface area is 113 Å². The summed E-state index contributed by atoms with van der Waals surface area (Å²) in [5, 5.41) is 8.85. The number of hydrogen-bond acceptors (Lipinski definition) is 5. The molecule has 0 aromatic heterocycles. The summed E-state index contributed by atoms with van der Waals surface area (Å²) in [5.41, 5.74) is 0. The number of carboxylic acid groups (broad SMARTS) is 1. The molecule has 2 atom stereocenters. The molecular weight excluding hydrogens is 272 g/mol. The molecule has 110 valence electrons. The zero-order chi connectivity index (χ0) is 14.0. The molecule has 7 nitrogen and oxygen atoms in total. The SMILES string of the molecule is CS(=O)(=O)N1CCN(CC2CCC(C(=O)O)O2)CC1. The summed E-state index contributed by atoms with van der Waals surface area (Å²) in [4.78, 5) is 12.9. The normalized spacial score (nSPS) is 30.6. The molecule has 19 heavy (non-hydrogen) atoms. The van der Waals surface area contributed by atoms with E-state index in [4.69, 9.17) is 9.84 Å². The maximum Gasteiger partial charge on any atom is 0.332 e. The Morgan fingerprint density at radius 2 is 1.89 bits per heavy atom. The van der Waals surface area contributed by atoms with Gasteiger partial charge in [-0.3, -0.25) is 4.90 Å². The first-order valence-corrected chi connectivity index (χ1v) is 8.27. The molecule has 2 aliphatic rings. The van der Waals surface area contributed by atoms with Gasteiger partial charge in [-0.1, -0.05) is 0 Å². The summed E-state index contributed by atoms with van der Waals surface area (Å²) < 4.78 is 29.7. The van der Waals surface area contributed by atoms with Gasteiger partial charge in [0, 0.05) is 32.7 Å². The van der Waals surface area contributed by atoms with Gasteiger partial charge in [0.25, 0.3) is 0 Å². The van der Waals surface area contributed by atoms with Gasteiger partial charge >= 0.3 is 5.97 Å². The highest BCUT2D eigenvalue weighted by Gasteiger charge is 2.32. The Bertz CT molecular complexity index is 430. The molecule has 0 spiro atoms. The van der Waals surface area contributed by atoms with Gasteiger partial charge in [0.2, 0.25) is 10.0 Å². The number of rotatable bonds is 4. The van der Waals surface area contributed by atoms with E-state index in [1.54, 1.807) is 0 Å². The number of sulfonamides is 1. The van der Waals surface area contributed by atoms with Crippen LogP contribution in [0.4, 0.5) is 0 Å². The van der Waals surface area contributed by atoms with Crippen LogP contribution in [-0.4, -0.2) is 79.9 Å². The Morgan fingerprint density at radius 3 is 2.37 bits per heavy atom. The Kier molecular flexibility index (Phi) is 4.44. The Morgan fingerprint density at radius 1 is 1.26 bits per heavy atom. The van der Waals surface area contributed by atoms with Gasteiger partial charge in [-0.15, -0.1) is 0 Å². The van der Waals surface area contributed by atoms with Crippen molar-refractivity contribution in [3.05, 3.63) is 0 Å². The molecule has 8 heteroatoms. The lowest BCUT2D eigenvalue weighted by Crippen LogP contribution is -2.50. The fraction of sp³-hybridized carbons (Fsp3) is 0.909. The molecule has 2 heterocycles. The third-order valence-electron chi connectivity index (χ3n) is 3.65. The number of hydrogen-bond donors (Lipinski definition) is 1. The second kappa shape index (κ2) is 5.74. The minimum Gasteiger partial charge on any atom is -0.479 e. The van der Waals surface area contributed by atoms with Crippen LogP contribution in [0.25, 0.3) is 0 Å². The van der Waals surface area contributed by atoms with E-state index in [2.05, 4.69) is 4.90 Å². The molecule has 0 saturated carbocycles. The predicted molar refractivity (Wildman–Crippen MR) is 68.4 cm³/mol. The first kappa shape index (κ1) is 14.7. The van der Waals surface area contributed by atoms with E-state index in [0.29, 0.717) is 39.1 Å². The van der Waals surface area contributed by atoms with Crippen molar-refractivity contribution in [2.24, 2.45) is 0 Å². The van der Waals surface area contributed by atoms with E-state index >= 15 is 0 Å². The van der Waals surface area contributed by atoms with E-state index in [-0.39, 0.29) is 6.10 Å². The molecule has 2 rings (SSSR count). The van der Waals surface area contributed by atoms with Gasteiger partial charge in [-0.2, -0.15) is 4.31 Å². The standard InChI is InChI=1S/C11H20N2O5S/c1-19(16,17)13-6-4-12(5-7-13)8-9-2-3-10(18-9)11(14)15/h9-10H,2-8H2,1H3,(H,14,15). The zero-order valence-corrected chi connectivity index (χ0v) is 11.8. The minimum absolute atomic E-state index is 0.0501. The maximum absolute atomic E-state index is 11.4. The van der Waals surface area contributed by atoms with Crippen molar-refractivity contribution in [1.29, 1.82) is 0 Å². The van der Waals surface area contributed by atoms with Crippen molar-refractivity contribution >= 4 is 16.0 Å². The maximum atomic E-state index is 11.4. The lowest BCUT2D eigenvalue weighted by atomic mass is 10.2. The molecule has 1 N–H and O–H groups in total. The summed E-state index contributed by atoms with van der Waals surface area (Å²) >= 11 is 0. The molecule has 2 aliphatic heterocycles. The van der Waals surface area contributed by atoms with Gasteiger partial charge in [0.1, 0.15) is 0 Å². The van der Waals surface area contributed by atoms with Crippen LogP contribution in [0.1, 0.15) is 12.8 Å². The van der Waals surface area contributed by atoms with Crippen molar-refractivity contribution in [2.75, 3.05) is 39.0 Å². The van der Waals surface area contributed by atoms with Crippen LogP contribution in [0.3, 0.4) is 0 Å². The molecule has 2 saturated heterocycles. The summed E-state index contributed by atoms with van der Waals surface area (Å²) in [6, 6.07) is 0. The van der Waals surface area contributed by atoms with Crippen LogP contribution in [0, 0.1) is 0 Å². The number of nitrogens with zero attached hydrogens (tertiary/aromatic N) is 2. The van der Waals surface area contributed by atoms with Crippen molar-refractivity contribution in [3.63, 3.8) is 0 Å². The number of ether oxygens (including phenoxy) is 1. The fourth-order valence-electron chi connectivity index (χ4n) is 2.55. The monoisotopic (exact) mass is 292 g/mol. The number of aliphatic carboxylic acids is 1. The summed E-state index contributed by atoms with van der Waals surface area (Å²) in [7, 11) is -3.10. The van der Waals surface area contributed by atoms with E-state index < -0.39 is 22.1 Å². The third-order valence-corrected chi connectivity index (χ3v) is 4.95. The van der Waals surface area contributed by atoms with Crippen LogP contribution in [0.2, 0.25) is 0 Å². The second-order valence-corrected chi connectivity index (χ2v) is 7.11. The lowest BCUT2D eigenvalue weighted by molar-refractivity contribution is -0.149. The van der Waals surface area contributed by atoms with Gasteiger partial charge in [0.15, 0.2) is 6.10 Å². The van der Waals surface area contributed by atoms with Gasteiger partial charge in [-0.05, 0) is 12.8 Å². The minimum atomic E-state index is -3.10. The van der Waals surface area contributed by atoms with Crippen molar-refractivity contribution in [3.8, 4) is 0 Å². The van der Waals surface area contributed by atoms with Gasteiger partial charge in [-0.25, -0.2) is 13.2 Å². The van der Waals surface area contributed by atoms with Crippen molar-refractivity contribution in [1.82, 2.24) is 9.21 Å². The molecule has 0 aromatic carbocycles. The Hall–Kier alpha value is -0.700. The van der Waals surface area contributed by atoms with Crippen LogP contribution < -0.4 is 0 Å². The van der Waals surface area contributed by atoms with E-state index in [1.807, 2.05) is 0 Å². The number of carboxylic acids is 1. The van der Waals surface area contributed by atoms with E-state index in [0.717, 1.165) is 6.42 Å². The highest BCUT2D eigenvalue weighted by atomic mass is 32.2. The molecule has 0 aromatic rings. The molecule has 0 bridgehead atoms. The molecule has 0 aliphatic carbocycles. The lowest BCUT2D eigenvalue weighted by Gasteiger charge is -2.34. The van der Waals surface area contributed by atoms with Gasteiger partial charge in [0.05, 0.1) is 12.4 Å². The van der Waals surface area contributed by atoms with Crippen molar-refractivity contribution in [2.45, 2.75) is 25.0 Å². The second-order valence-electron chi connectivity index (χ2n) is 5.12. The van der Waals surface area contributed by atoms with Crippen LogP contribution in [0.15, 0.2) is 0 Å². The van der Waals surface area contributed by atoms with E-state index in [1.165, 1.54) is 10.6 Å².